The average Bonchev–Trinajstić information content (AvgIpc) is 2.89. The van der Waals surface area contributed by atoms with Gasteiger partial charge in [0.25, 0.3) is 0 Å². The number of aryl methyl sites for hydroxylation is 2. The number of nitrogen functional groups attached to an aromatic ring is 1. The van der Waals surface area contributed by atoms with Crippen LogP contribution < -0.4 is 5.73 Å². The second-order valence-electron chi connectivity index (χ2n) is 4.75. The number of hydrogen-bond donors (Lipinski definition) is 1. The zero-order valence-corrected chi connectivity index (χ0v) is 13.6. The van der Waals surface area contributed by atoms with Crippen LogP contribution in [0, 0.1) is 3.57 Å². The number of nitrogens with two attached hydrogens (primary N) is 1. The van der Waals surface area contributed by atoms with E-state index >= 15 is 0 Å². The lowest BCUT2D eigenvalue weighted by molar-refractivity contribution is 0.737. The van der Waals surface area contributed by atoms with E-state index in [1.54, 1.807) is 0 Å². The lowest BCUT2D eigenvalue weighted by atomic mass is 10.2. The Morgan fingerprint density at radius 2 is 2.05 bits per heavy atom. The summed E-state index contributed by atoms with van der Waals surface area (Å²) in [6.45, 7) is 2.14. The maximum atomic E-state index is 6.14. The summed E-state index contributed by atoms with van der Waals surface area (Å²) in [7, 11) is 1.94. The summed E-state index contributed by atoms with van der Waals surface area (Å²) in [6, 6.07) is 8.13. The second-order valence-corrected chi connectivity index (χ2v) is 5.91. The fourth-order valence-electron chi connectivity index (χ4n) is 2.47. The van der Waals surface area contributed by atoms with Gasteiger partial charge >= 0.3 is 0 Å². The Bertz CT molecular complexity index is 771. The summed E-state index contributed by atoms with van der Waals surface area (Å²) in [5.74, 6) is 0.509. The molecule has 0 bridgehead atoms. The van der Waals surface area contributed by atoms with Gasteiger partial charge in [-0.1, -0.05) is 25.5 Å². The summed E-state index contributed by atoms with van der Waals surface area (Å²) < 4.78 is 4.98. The number of aromatic nitrogens is 4. The Labute approximate surface area is 130 Å². The highest BCUT2D eigenvalue weighted by Crippen LogP contribution is 2.28. The molecular formula is C14H16IN5. The van der Waals surface area contributed by atoms with E-state index in [-0.39, 0.29) is 0 Å². The molecule has 2 heterocycles. The van der Waals surface area contributed by atoms with Crippen molar-refractivity contribution >= 4 is 39.7 Å². The molecule has 0 aliphatic heterocycles. The van der Waals surface area contributed by atoms with Crippen LogP contribution in [0.5, 0.6) is 0 Å². The molecule has 3 aromatic rings. The van der Waals surface area contributed by atoms with Gasteiger partial charge in [-0.05, 0) is 41.1 Å². The molecule has 20 heavy (non-hydrogen) atoms. The number of anilines is 1. The van der Waals surface area contributed by atoms with Crippen LogP contribution in [0.4, 0.5) is 5.95 Å². The van der Waals surface area contributed by atoms with Crippen molar-refractivity contribution in [3.63, 3.8) is 0 Å². The van der Waals surface area contributed by atoms with Crippen LogP contribution in [0.15, 0.2) is 24.3 Å². The molecule has 0 amide bonds. The standard InChI is InChI=1S/C14H16IN5/c1-3-6-10-12-13(19(2)18-10)20(14(16)17-12)11-8-5-4-7-9(11)15/h4-5,7-8H,3,6H2,1-2H3,(H2,16,17). The summed E-state index contributed by atoms with van der Waals surface area (Å²) in [5, 5.41) is 4.57. The van der Waals surface area contributed by atoms with E-state index in [2.05, 4.69) is 45.7 Å². The number of para-hydroxylation sites is 1. The molecule has 0 radical (unpaired) electrons. The molecule has 3 rings (SSSR count). The number of nitrogens with zero attached hydrogens (tertiary/aromatic N) is 4. The highest BCUT2D eigenvalue weighted by molar-refractivity contribution is 14.1. The lowest BCUT2D eigenvalue weighted by Crippen LogP contribution is -2.06. The highest BCUT2D eigenvalue weighted by atomic mass is 127. The molecule has 0 spiro atoms. The van der Waals surface area contributed by atoms with Gasteiger partial charge in [-0.25, -0.2) is 9.67 Å². The number of benzene rings is 1. The Kier molecular flexibility index (Phi) is 3.41. The predicted molar refractivity (Wildman–Crippen MR) is 89.0 cm³/mol. The minimum atomic E-state index is 0.509. The number of fused-ring (bicyclic) bond motifs is 1. The van der Waals surface area contributed by atoms with Crippen LogP contribution in [0.25, 0.3) is 16.9 Å². The van der Waals surface area contributed by atoms with Gasteiger partial charge in [-0.2, -0.15) is 5.10 Å². The van der Waals surface area contributed by atoms with Gasteiger partial charge in [-0.15, -0.1) is 0 Å². The van der Waals surface area contributed by atoms with Crippen LogP contribution in [0.1, 0.15) is 19.0 Å². The van der Waals surface area contributed by atoms with Crippen molar-refractivity contribution in [1.82, 2.24) is 19.3 Å². The van der Waals surface area contributed by atoms with Crippen molar-refractivity contribution in [2.24, 2.45) is 7.05 Å². The van der Waals surface area contributed by atoms with Gasteiger partial charge in [-0.3, -0.25) is 4.57 Å². The van der Waals surface area contributed by atoms with Gasteiger partial charge in [0.15, 0.2) is 5.65 Å². The molecule has 0 unspecified atom stereocenters. The van der Waals surface area contributed by atoms with E-state index in [4.69, 9.17) is 5.73 Å². The number of imidazole rings is 1. The minimum absolute atomic E-state index is 0.509. The first-order valence-corrected chi connectivity index (χ1v) is 7.66. The van der Waals surface area contributed by atoms with Gasteiger partial charge in [0.1, 0.15) is 5.52 Å². The van der Waals surface area contributed by atoms with Crippen LogP contribution in [0.3, 0.4) is 0 Å². The first-order valence-electron chi connectivity index (χ1n) is 6.58. The lowest BCUT2D eigenvalue weighted by Gasteiger charge is -2.08. The second kappa shape index (κ2) is 5.08. The van der Waals surface area contributed by atoms with Crippen LogP contribution in [-0.2, 0) is 13.5 Å². The van der Waals surface area contributed by atoms with E-state index in [1.807, 2.05) is 34.5 Å². The topological polar surface area (TPSA) is 61.7 Å². The van der Waals surface area contributed by atoms with E-state index in [0.717, 1.165) is 39.0 Å². The van der Waals surface area contributed by atoms with Crippen molar-refractivity contribution in [1.29, 1.82) is 0 Å². The first-order chi connectivity index (χ1) is 9.63. The van der Waals surface area contributed by atoms with Crippen molar-refractivity contribution in [3.8, 4) is 5.69 Å². The molecule has 0 saturated carbocycles. The molecule has 2 aromatic heterocycles. The first kappa shape index (κ1) is 13.4. The molecular weight excluding hydrogens is 365 g/mol. The maximum Gasteiger partial charge on any atom is 0.207 e. The molecule has 104 valence electrons. The minimum Gasteiger partial charge on any atom is -0.369 e. The number of hydrogen-bond acceptors (Lipinski definition) is 3. The van der Waals surface area contributed by atoms with Crippen LogP contribution >= 0.6 is 22.6 Å². The van der Waals surface area contributed by atoms with Gasteiger partial charge in [0.2, 0.25) is 5.95 Å². The van der Waals surface area contributed by atoms with Crippen molar-refractivity contribution in [3.05, 3.63) is 33.5 Å². The Morgan fingerprint density at radius 1 is 1.30 bits per heavy atom. The van der Waals surface area contributed by atoms with Crippen molar-refractivity contribution in [2.45, 2.75) is 19.8 Å². The summed E-state index contributed by atoms with van der Waals surface area (Å²) in [4.78, 5) is 4.52. The zero-order valence-electron chi connectivity index (χ0n) is 11.5. The smallest absolute Gasteiger partial charge is 0.207 e. The largest absolute Gasteiger partial charge is 0.369 e. The zero-order chi connectivity index (χ0) is 14.3. The fourth-order valence-corrected chi connectivity index (χ4v) is 3.10. The molecule has 6 heteroatoms. The summed E-state index contributed by atoms with van der Waals surface area (Å²) in [6.07, 6.45) is 1.96. The average molecular weight is 381 g/mol. The van der Waals surface area contributed by atoms with Crippen LogP contribution in [0.2, 0.25) is 0 Å². The van der Waals surface area contributed by atoms with Crippen LogP contribution in [-0.4, -0.2) is 19.3 Å². The summed E-state index contributed by atoms with van der Waals surface area (Å²) in [5.41, 5.74) is 10.1. The molecule has 0 aliphatic rings. The van der Waals surface area contributed by atoms with E-state index in [9.17, 15) is 0 Å². The third kappa shape index (κ3) is 1.98. The Morgan fingerprint density at radius 3 is 2.75 bits per heavy atom. The van der Waals surface area contributed by atoms with Crippen molar-refractivity contribution in [2.75, 3.05) is 5.73 Å². The van der Waals surface area contributed by atoms with Gasteiger partial charge < -0.3 is 5.73 Å². The molecule has 2 N–H and O–H groups in total. The summed E-state index contributed by atoms with van der Waals surface area (Å²) >= 11 is 2.31. The monoisotopic (exact) mass is 381 g/mol. The van der Waals surface area contributed by atoms with Crippen molar-refractivity contribution < 1.29 is 0 Å². The Balaban J connectivity index is 2.31. The molecule has 0 atom stereocenters. The number of rotatable bonds is 3. The SMILES string of the molecule is CCCc1nn(C)c2c1nc(N)n2-c1ccccc1I. The fraction of sp³-hybridized carbons (Fsp3) is 0.286. The quantitative estimate of drug-likeness (QED) is 0.710. The highest BCUT2D eigenvalue weighted by Gasteiger charge is 2.19. The number of halogens is 1. The normalized spacial score (nSPS) is 11.3. The molecule has 5 nitrogen and oxygen atoms in total. The van der Waals surface area contributed by atoms with Gasteiger partial charge in [0.05, 0.1) is 11.4 Å². The Hall–Kier alpha value is -1.57. The third-order valence-corrected chi connectivity index (χ3v) is 4.22. The molecule has 1 aromatic carbocycles. The van der Waals surface area contributed by atoms with E-state index in [1.165, 1.54) is 0 Å². The predicted octanol–water partition coefficient (Wildman–Crippen LogP) is 2.90. The molecule has 0 fully saturated rings. The van der Waals surface area contributed by atoms with E-state index < -0.39 is 0 Å². The third-order valence-electron chi connectivity index (χ3n) is 3.31. The molecule has 0 saturated heterocycles. The van der Waals surface area contributed by atoms with Gasteiger partial charge in [0, 0.05) is 10.6 Å². The van der Waals surface area contributed by atoms with E-state index in [0.29, 0.717) is 5.95 Å². The maximum absolute atomic E-state index is 6.14. The molecule has 0 aliphatic carbocycles.